The summed E-state index contributed by atoms with van der Waals surface area (Å²) in [6.07, 6.45) is -5.63. The van der Waals surface area contributed by atoms with Gasteiger partial charge in [-0.05, 0) is 11.6 Å². The van der Waals surface area contributed by atoms with Crippen LogP contribution in [0.15, 0.2) is 29.3 Å². The van der Waals surface area contributed by atoms with Gasteiger partial charge in [-0.15, -0.1) is 11.8 Å². The smallest absolute Gasteiger partial charge is 0.346 e. The van der Waals surface area contributed by atoms with E-state index in [2.05, 4.69) is 5.10 Å². The van der Waals surface area contributed by atoms with Gasteiger partial charge in [0.2, 0.25) is 0 Å². The van der Waals surface area contributed by atoms with E-state index < -0.39 is 18.2 Å². The summed E-state index contributed by atoms with van der Waals surface area (Å²) in [5, 5.41) is 4.56. The van der Waals surface area contributed by atoms with Crippen molar-refractivity contribution < 1.29 is 22.6 Å². The van der Waals surface area contributed by atoms with Crippen LogP contribution in [0.3, 0.4) is 0 Å². The second-order valence-electron chi connectivity index (χ2n) is 5.14. The van der Waals surface area contributed by atoms with E-state index in [0.717, 1.165) is 5.56 Å². The van der Waals surface area contributed by atoms with Crippen LogP contribution in [0.5, 0.6) is 0 Å². The summed E-state index contributed by atoms with van der Waals surface area (Å²) in [7, 11) is 1.47. The van der Waals surface area contributed by atoms with E-state index in [0.29, 0.717) is 15.8 Å². The zero-order valence-electron chi connectivity index (χ0n) is 12.6. The van der Waals surface area contributed by atoms with Gasteiger partial charge >= 0.3 is 6.18 Å². The predicted molar refractivity (Wildman–Crippen MR) is 83.9 cm³/mol. The van der Waals surface area contributed by atoms with Crippen molar-refractivity contribution in [2.45, 2.75) is 23.2 Å². The zero-order valence-corrected chi connectivity index (χ0v) is 14.2. The van der Waals surface area contributed by atoms with E-state index in [9.17, 15) is 13.2 Å². The maximum atomic E-state index is 13.3. The largest absolute Gasteiger partial charge is 0.435 e. The highest BCUT2D eigenvalue weighted by Crippen LogP contribution is 2.42. The molecule has 1 saturated heterocycles. The fraction of sp³-hybridized carbons (Fsp3) is 0.400. The monoisotopic (exact) mass is 378 g/mol. The number of hydrogen-bond donors (Lipinski definition) is 0. The SMILES string of the molecule is Cn1nc(C(F)(F)F)c(C2OCCO2)c1SCc1ccccc1Cl. The van der Waals surface area contributed by atoms with Crippen LogP contribution in [0.25, 0.3) is 0 Å². The first kappa shape index (κ1) is 17.6. The van der Waals surface area contributed by atoms with Crippen molar-refractivity contribution in [2.24, 2.45) is 7.05 Å². The average molecular weight is 379 g/mol. The molecule has 1 fully saturated rings. The number of aryl methyl sites for hydroxylation is 1. The standard InChI is InChI=1S/C15H14ClF3N2O2S/c1-21-13(24-8-9-4-2-3-5-10(9)16)11(14-22-6-7-23-14)12(20-21)15(17,18)19/h2-5,14H,6-8H2,1H3. The third-order valence-corrected chi connectivity index (χ3v) is 5.06. The maximum Gasteiger partial charge on any atom is 0.435 e. The van der Waals surface area contributed by atoms with Crippen LogP contribution in [-0.2, 0) is 28.5 Å². The van der Waals surface area contributed by atoms with E-state index in [1.807, 2.05) is 12.1 Å². The van der Waals surface area contributed by atoms with E-state index >= 15 is 0 Å². The number of ether oxygens (including phenoxy) is 2. The molecule has 0 aliphatic carbocycles. The maximum absolute atomic E-state index is 13.3. The van der Waals surface area contributed by atoms with Crippen molar-refractivity contribution in [1.29, 1.82) is 0 Å². The molecule has 3 rings (SSSR count). The Kier molecular flexibility index (Phi) is 5.10. The molecule has 2 aromatic rings. The highest BCUT2D eigenvalue weighted by molar-refractivity contribution is 7.98. The molecule has 1 aliphatic rings. The fourth-order valence-electron chi connectivity index (χ4n) is 2.40. The van der Waals surface area contributed by atoms with Gasteiger partial charge in [0.1, 0.15) is 5.03 Å². The molecule has 2 heterocycles. The lowest BCUT2D eigenvalue weighted by Gasteiger charge is -2.14. The van der Waals surface area contributed by atoms with Gasteiger partial charge in [-0.1, -0.05) is 29.8 Å². The lowest BCUT2D eigenvalue weighted by molar-refractivity contribution is -0.146. The summed E-state index contributed by atoms with van der Waals surface area (Å²) in [6, 6.07) is 7.20. The van der Waals surface area contributed by atoms with Crippen molar-refractivity contribution in [3.05, 3.63) is 46.1 Å². The average Bonchev–Trinajstić information content (AvgIpc) is 3.13. The van der Waals surface area contributed by atoms with Gasteiger partial charge < -0.3 is 9.47 Å². The van der Waals surface area contributed by atoms with Crippen LogP contribution >= 0.6 is 23.4 Å². The normalized spacial score (nSPS) is 16.0. The fourth-order valence-corrected chi connectivity index (χ4v) is 3.81. The highest BCUT2D eigenvalue weighted by Gasteiger charge is 2.42. The number of nitrogens with zero attached hydrogens (tertiary/aromatic N) is 2. The predicted octanol–water partition coefficient (Wildman–Crippen LogP) is 4.43. The summed E-state index contributed by atoms with van der Waals surface area (Å²) >= 11 is 7.33. The number of alkyl halides is 3. The van der Waals surface area contributed by atoms with E-state index in [1.54, 1.807) is 12.1 Å². The lowest BCUT2D eigenvalue weighted by atomic mass is 10.2. The minimum Gasteiger partial charge on any atom is -0.346 e. The van der Waals surface area contributed by atoms with Crippen LogP contribution in [0.1, 0.15) is 23.1 Å². The van der Waals surface area contributed by atoms with Gasteiger partial charge in [0.15, 0.2) is 12.0 Å². The number of thioether (sulfide) groups is 1. The Morgan fingerprint density at radius 3 is 2.58 bits per heavy atom. The number of hydrogen-bond acceptors (Lipinski definition) is 4. The molecule has 130 valence electrons. The Hall–Kier alpha value is -1.22. The zero-order chi connectivity index (χ0) is 17.3. The summed E-state index contributed by atoms with van der Waals surface area (Å²) in [5.74, 6) is 0.413. The third-order valence-electron chi connectivity index (χ3n) is 3.48. The second-order valence-corrected chi connectivity index (χ2v) is 6.51. The molecule has 0 unspecified atom stereocenters. The Balaban J connectivity index is 1.94. The Bertz CT molecular complexity index is 730. The molecule has 0 bridgehead atoms. The van der Waals surface area contributed by atoms with Crippen molar-refractivity contribution in [1.82, 2.24) is 9.78 Å². The Morgan fingerprint density at radius 2 is 1.96 bits per heavy atom. The molecule has 0 saturated carbocycles. The first-order valence-corrected chi connectivity index (χ1v) is 8.48. The molecule has 24 heavy (non-hydrogen) atoms. The lowest BCUT2D eigenvalue weighted by Crippen LogP contribution is -2.12. The number of halogens is 4. The molecule has 1 aromatic heterocycles. The Labute approximate surface area is 145 Å². The van der Waals surface area contributed by atoms with Crippen molar-refractivity contribution in [2.75, 3.05) is 13.2 Å². The van der Waals surface area contributed by atoms with E-state index in [1.165, 1.54) is 23.5 Å². The van der Waals surface area contributed by atoms with Crippen LogP contribution in [0.4, 0.5) is 13.2 Å². The number of aromatic nitrogens is 2. The highest BCUT2D eigenvalue weighted by atomic mass is 35.5. The van der Waals surface area contributed by atoms with Gasteiger partial charge in [-0.25, -0.2) is 0 Å². The van der Waals surface area contributed by atoms with Crippen LogP contribution in [-0.4, -0.2) is 23.0 Å². The van der Waals surface area contributed by atoms with Gasteiger partial charge in [0.05, 0.1) is 18.8 Å². The van der Waals surface area contributed by atoms with E-state index in [4.69, 9.17) is 21.1 Å². The van der Waals surface area contributed by atoms with Gasteiger partial charge in [-0.3, -0.25) is 4.68 Å². The van der Waals surface area contributed by atoms with Gasteiger partial charge in [-0.2, -0.15) is 18.3 Å². The summed E-state index contributed by atoms with van der Waals surface area (Å²) < 4.78 is 51.7. The second kappa shape index (κ2) is 6.95. The molecule has 0 N–H and O–H groups in total. The van der Waals surface area contributed by atoms with E-state index in [-0.39, 0.29) is 18.8 Å². The van der Waals surface area contributed by atoms with Crippen LogP contribution in [0.2, 0.25) is 5.02 Å². The van der Waals surface area contributed by atoms with Crippen molar-refractivity contribution in [3.63, 3.8) is 0 Å². The summed E-state index contributed by atoms with van der Waals surface area (Å²) in [5.41, 5.74) is -0.212. The minimum absolute atomic E-state index is 0.0699. The van der Waals surface area contributed by atoms with Gasteiger partial charge in [0, 0.05) is 17.8 Å². The topological polar surface area (TPSA) is 36.3 Å². The van der Waals surface area contributed by atoms with Crippen LogP contribution < -0.4 is 0 Å². The molecule has 1 aliphatic heterocycles. The molecule has 0 amide bonds. The van der Waals surface area contributed by atoms with Crippen molar-refractivity contribution in [3.8, 4) is 0 Å². The molecular weight excluding hydrogens is 365 g/mol. The minimum atomic E-state index is -4.58. The number of benzene rings is 1. The molecule has 1 aromatic carbocycles. The first-order valence-electron chi connectivity index (χ1n) is 7.11. The summed E-state index contributed by atoms with van der Waals surface area (Å²) in [4.78, 5) is 0. The number of rotatable bonds is 4. The molecule has 0 spiro atoms. The van der Waals surface area contributed by atoms with Crippen LogP contribution in [0, 0.1) is 0 Å². The Morgan fingerprint density at radius 1 is 1.29 bits per heavy atom. The molecule has 0 radical (unpaired) electrons. The van der Waals surface area contributed by atoms with Gasteiger partial charge in [0.25, 0.3) is 0 Å². The molecule has 4 nitrogen and oxygen atoms in total. The first-order chi connectivity index (χ1) is 11.4. The molecular formula is C15H14ClF3N2O2S. The third kappa shape index (κ3) is 3.56. The van der Waals surface area contributed by atoms with Crippen molar-refractivity contribution >= 4 is 23.4 Å². The quantitative estimate of drug-likeness (QED) is 0.737. The summed E-state index contributed by atoms with van der Waals surface area (Å²) in [6.45, 7) is 0.511. The molecule has 0 atom stereocenters. The molecule has 9 heteroatoms.